The molecular formula is C9H8FN3S. The molecule has 14 heavy (non-hydrogen) atoms. The summed E-state index contributed by atoms with van der Waals surface area (Å²) in [6, 6.07) is 4.79. The second-order valence-electron chi connectivity index (χ2n) is 2.76. The summed E-state index contributed by atoms with van der Waals surface area (Å²) >= 11 is 1.03. The molecule has 0 aliphatic heterocycles. The van der Waals surface area contributed by atoms with Gasteiger partial charge in [-0.2, -0.15) is 4.39 Å². The van der Waals surface area contributed by atoms with Gasteiger partial charge in [-0.25, -0.2) is 4.98 Å². The standard InChI is InChI=1S/C9H8FN3S/c10-7-2-1-6(14-7)5-3-4-13-9(12)8(5)11/h1-4H,11H2,(H2,12,13). The molecule has 0 atom stereocenters. The Labute approximate surface area is 84.2 Å². The molecule has 0 aliphatic rings. The molecule has 72 valence electrons. The number of hydrogen-bond acceptors (Lipinski definition) is 4. The number of pyridine rings is 1. The first-order chi connectivity index (χ1) is 6.68. The molecule has 0 aromatic carbocycles. The zero-order valence-corrected chi connectivity index (χ0v) is 8.01. The third-order valence-corrected chi connectivity index (χ3v) is 2.77. The minimum atomic E-state index is -0.241. The number of nitrogens with zero attached hydrogens (tertiary/aromatic N) is 1. The zero-order chi connectivity index (χ0) is 10.1. The van der Waals surface area contributed by atoms with Crippen molar-refractivity contribution in [1.29, 1.82) is 0 Å². The third kappa shape index (κ3) is 1.42. The first-order valence-corrected chi connectivity index (χ1v) is 4.76. The normalized spacial score (nSPS) is 10.4. The van der Waals surface area contributed by atoms with Crippen LogP contribution in [-0.2, 0) is 0 Å². The van der Waals surface area contributed by atoms with E-state index in [2.05, 4.69) is 4.98 Å². The van der Waals surface area contributed by atoms with E-state index in [4.69, 9.17) is 11.5 Å². The van der Waals surface area contributed by atoms with Gasteiger partial charge in [0, 0.05) is 16.6 Å². The maximum atomic E-state index is 12.8. The Morgan fingerprint density at radius 3 is 2.64 bits per heavy atom. The fourth-order valence-corrected chi connectivity index (χ4v) is 1.93. The van der Waals surface area contributed by atoms with Crippen LogP contribution in [0.2, 0.25) is 0 Å². The van der Waals surface area contributed by atoms with E-state index in [0.29, 0.717) is 5.69 Å². The second kappa shape index (κ2) is 3.26. The smallest absolute Gasteiger partial charge is 0.176 e. The summed E-state index contributed by atoms with van der Waals surface area (Å²) in [4.78, 5) is 4.59. The van der Waals surface area contributed by atoms with Gasteiger partial charge in [-0.1, -0.05) is 0 Å². The van der Waals surface area contributed by atoms with E-state index in [-0.39, 0.29) is 10.9 Å². The predicted octanol–water partition coefficient (Wildman–Crippen LogP) is 2.11. The first kappa shape index (κ1) is 8.96. The number of rotatable bonds is 1. The quantitative estimate of drug-likeness (QED) is 0.756. The summed E-state index contributed by atoms with van der Waals surface area (Å²) in [5, 5.41) is -0.241. The van der Waals surface area contributed by atoms with E-state index in [1.807, 2.05) is 0 Å². The lowest BCUT2D eigenvalue weighted by Gasteiger charge is -2.03. The minimum Gasteiger partial charge on any atom is -0.395 e. The van der Waals surface area contributed by atoms with Gasteiger partial charge in [0.25, 0.3) is 0 Å². The molecule has 2 aromatic heterocycles. The lowest BCUT2D eigenvalue weighted by Crippen LogP contribution is -1.98. The van der Waals surface area contributed by atoms with Crippen LogP contribution >= 0.6 is 11.3 Å². The molecule has 0 aliphatic carbocycles. The SMILES string of the molecule is Nc1nccc(-c2ccc(F)s2)c1N. The van der Waals surface area contributed by atoms with E-state index in [1.165, 1.54) is 6.07 Å². The Morgan fingerprint density at radius 1 is 1.21 bits per heavy atom. The number of nitrogens with two attached hydrogens (primary N) is 2. The van der Waals surface area contributed by atoms with Crippen molar-refractivity contribution in [2.24, 2.45) is 0 Å². The van der Waals surface area contributed by atoms with Crippen LogP contribution in [0, 0.1) is 5.13 Å². The Hall–Kier alpha value is -1.62. The lowest BCUT2D eigenvalue weighted by atomic mass is 10.2. The Kier molecular flexibility index (Phi) is 2.09. The van der Waals surface area contributed by atoms with Crippen LogP contribution < -0.4 is 11.5 Å². The molecule has 0 bridgehead atoms. The molecule has 4 N–H and O–H groups in total. The van der Waals surface area contributed by atoms with E-state index in [9.17, 15) is 4.39 Å². The highest BCUT2D eigenvalue weighted by Crippen LogP contribution is 2.33. The second-order valence-corrected chi connectivity index (χ2v) is 3.80. The van der Waals surface area contributed by atoms with Gasteiger partial charge in [0.2, 0.25) is 0 Å². The summed E-state index contributed by atoms with van der Waals surface area (Å²) in [6.45, 7) is 0. The van der Waals surface area contributed by atoms with Crippen molar-refractivity contribution in [1.82, 2.24) is 4.98 Å². The van der Waals surface area contributed by atoms with Crippen molar-refractivity contribution in [2.75, 3.05) is 11.5 Å². The minimum absolute atomic E-state index is 0.241. The lowest BCUT2D eigenvalue weighted by molar-refractivity contribution is 0.657. The summed E-state index contributed by atoms with van der Waals surface area (Å²) in [6.07, 6.45) is 1.55. The molecule has 0 fully saturated rings. The topological polar surface area (TPSA) is 64.9 Å². The fraction of sp³-hybridized carbons (Fsp3) is 0. The van der Waals surface area contributed by atoms with Gasteiger partial charge in [-0.05, 0) is 18.2 Å². The molecule has 0 saturated heterocycles. The highest BCUT2D eigenvalue weighted by molar-refractivity contribution is 7.14. The van der Waals surface area contributed by atoms with Crippen molar-refractivity contribution in [3.05, 3.63) is 29.5 Å². The summed E-state index contributed by atoms with van der Waals surface area (Å²) in [5.41, 5.74) is 12.4. The van der Waals surface area contributed by atoms with Gasteiger partial charge < -0.3 is 11.5 Å². The predicted molar refractivity (Wildman–Crippen MR) is 56.3 cm³/mol. The van der Waals surface area contributed by atoms with Gasteiger partial charge in [0.1, 0.15) is 5.82 Å². The van der Waals surface area contributed by atoms with Crippen molar-refractivity contribution in [2.45, 2.75) is 0 Å². The van der Waals surface area contributed by atoms with Crippen molar-refractivity contribution in [3.63, 3.8) is 0 Å². The summed E-state index contributed by atoms with van der Waals surface area (Å²) in [7, 11) is 0. The molecule has 0 radical (unpaired) electrons. The molecule has 2 heterocycles. The highest BCUT2D eigenvalue weighted by Gasteiger charge is 2.08. The monoisotopic (exact) mass is 209 g/mol. The van der Waals surface area contributed by atoms with E-state index in [1.54, 1.807) is 18.3 Å². The van der Waals surface area contributed by atoms with Gasteiger partial charge in [-0.3, -0.25) is 0 Å². The Balaban J connectivity index is 2.57. The molecule has 0 unspecified atom stereocenters. The average molecular weight is 209 g/mol. The number of anilines is 2. The van der Waals surface area contributed by atoms with Crippen LogP contribution in [0.15, 0.2) is 24.4 Å². The Morgan fingerprint density at radius 2 is 2.00 bits per heavy atom. The molecule has 0 saturated carbocycles. The van der Waals surface area contributed by atoms with Gasteiger partial charge >= 0.3 is 0 Å². The van der Waals surface area contributed by atoms with Gasteiger partial charge in [0.05, 0.1) is 5.69 Å². The molecular weight excluding hydrogens is 201 g/mol. The van der Waals surface area contributed by atoms with Crippen LogP contribution in [-0.4, -0.2) is 4.98 Å². The first-order valence-electron chi connectivity index (χ1n) is 3.94. The molecule has 3 nitrogen and oxygen atoms in total. The molecule has 0 amide bonds. The van der Waals surface area contributed by atoms with Crippen LogP contribution in [0.5, 0.6) is 0 Å². The fourth-order valence-electron chi connectivity index (χ4n) is 1.16. The molecule has 5 heteroatoms. The number of thiophene rings is 1. The average Bonchev–Trinajstić information content (AvgIpc) is 2.57. The number of aromatic nitrogens is 1. The van der Waals surface area contributed by atoms with E-state index < -0.39 is 0 Å². The molecule has 2 aromatic rings. The van der Waals surface area contributed by atoms with Crippen LogP contribution in [0.4, 0.5) is 15.9 Å². The van der Waals surface area contributed by atoms with Gasteiger partial charge in [0.15, 0.2) is 5.13 Å². The largest absolute Gasteiger partial charge is 0.395 e. The number of halogens is 1. The maximum absolute atomic E-state index is 12.8. The van der Waals surface area contributed by atoms with Crippen LogP contribution in [0.25, 0.3) is 10.4 Å². The number of hydrogen-bond donors (Lipinski definition) is 2. The van der Waals surface area contributed by atoms with Crippen LogP contribution in [0.3, 0.4) is 0 Å². The van der Waals surface area contributed by atoms with Crippen LogP contribution in [0.1, 0.15) is 0 Å². The molecule has 0 spiro atoms. The van der Waals surface area contributed by atoms with Crippen molar-refractivity contribution in [3.8, 4) is 10.4 Å². The third-order valence-electron chi connectivity index (χ3n) is 1.86. The highest BCUT2D eigenvalue weighted by atomic mass is 32.1. The summed E-state index contributed by atoms with van der Waals surface area (Å²) < 4.78 is 12.8. The molecule has 2 rings (SSSR count). The zero-order valence-electron chi connectivity index (χ0n) is 7.20. The van der Waals surface area contributed by atoms with E-state index in [0.717, 1.165) is 21.8 Å². The van der Waals surface area contributed by atoms with Crippen molar-refractivity contribution < 1.29 is 4.39 Å². The van der Waals surface area contributed by atoms with Gasteiger partial charge in [-0.15, -0.1) is 11.3 Å². The number of nitrogen functional groups attached to an aromatic ring is 2. The summed E-state index contributed by atoms with van der Waals surface area (Å²) in [5.74, 6) is 0.274. The van der Waals surface area contributed by atoms with E-state index >= 15 is 0 Å². The Bertz CT molecular complexity index is 467. The van der Waals surface area contributed by atoms with Crippen molar-refractivity contribution >= 4 is 22.8 Å². The maximum Gasteiger partial charge on any atom is 0.176 e.